The average molecular weight is 299 g/mol. The molecule has 1 rings (SSSR count). The summed E-state index contributed by atoms with van der Waals surface area (Å²) >= 11 is 0. The fourth-order valence-corrected chi connectivity index (χ4v) is 2.41. The molecule has 1 fully saturated rings. The first-order valence-electron chi connectivity index (χ1n) is 8.08. The molecular weight excluding hydrogens is 266 g/mol. The molecule has 1 saturated heterocycles. The smallest absolute Gasteiger partial charge is 0.191 e. The lowest BCUT2D eigenvalue weighted by atomic mass is 10.1. The van der Waals surface area contributed by atoms with Gasteiger partial charge in [-0.1, -0.05) is 6.92 Å². The van der Waals surface area contributed by atoms with E-state index in [1.807, 2.05) is 6.92 Å². The standard InChI is InChI=1S/C15H33N5O/c1-5-21-11-6-17-15(16-3)18-12-14(2)13-20-9-7-19(4)8-10-20/h14H,5-13H2,1-4H3,(H2,16,17,18). The normalized spacial score (nSPS) is 19.5. The zero-order chi connectivity index (χ0) is 15.5. The summed E-state index contributed by atoms with van der Waals surface area (Å²) in [6.07, 6.45) is 0. The Morgan fingerprint density at radius 3 is 2.57 bits per heavy atom. The largest absolute Gasteiger partial charge is 0.380 e. The number of likely N-dealkylation sites (N-methyl/N-ethyl adjacent to an activating group) is 1. The fraction of sp³-hybridized carbons (Fsp3) is 0.933. The molecule has 1 unspecified atom stereocenters. The number of nitrogens with one attached hydrogen (secondary N) is 2. The predicted molar refractivity (Wildman–Crippen MR) is 89.0 cm³/mol. The molecule has 0 aromatic carbocycles. The summed E-state index contributed by atoms with van der Waals surface area (Å²) in [6.45, 7) is 13.4. The van der Waals surface area contributed by atoms with E-state index in [1.165, 1.54) is 26.2 Å². The minimum atomic E-state index is 0.610. The Labute approximate surface area is 129 Å². The Balaban J connectivity index is 2.14. The number of nitrogens with zero attached hydrogens (tertiary/aromatic N) is 3. The minimum absolute atomic E-state index is 0.610. The van der Waals surface area contributed by atoms with Crippen LogP contribution in [0.3, 0.4) is 0 Å². The van der Waals surface area contributed by atoms with E-state index >= 15 is 0 Å². The van der Waals surface area contributed by atoms with Gasteiger partial charge in [0.15, 0.2) is 5.96 Å². The third-order valence-electron chi connectivity index (χ3n) is 3.75. The van der Waals surface area contributed by atoms with Crippen LogP contribution >= 0.6 is 0 Å². The van der Waals surface area contributed by atoms with Crippen LogP contribution in [0.15, 0.2) is 4.99 Å². The van der Waals surface area contributed by atoms with E-state index in [2.05, 4.69) is 39.4 Å². The number of aliphatic imine (C=N–C) groups is 1. The highest BCUT2D eigenvalue weighted by atomic mass is 16.5. The maximum atomic E-state index is 5.31. The molecule has 2 N–H and O–H groups in total. The summed E-state index contributed by atoms with van der Waals surface area (Å²) < 4.78 is 5.31. The number of piperazine rings is 1. The third-order valence-corrected chi connectivity index (χ3v) is 3.75. The van der Waals surface area contributed by atoms with Gasteiger partial charge in [0.25, 0.3) is 0 Å². The number of guanidine groups is 1. The topological polar surface area (TPSA) is 52.1 Å². The Hall–Kier alpha value is -0.850. The van der Waals surface area contributed by atoms with Gasteiger partial charge in [0.05, 0.1) is 6.61 Å². The van der Waals surface area contributed by atoms with Crippen molar-refractivity contribution in [3.63, 3.8) is 0 Å². The molecule has 6 nitrogen and oxygen atoms in total. The van der Waals surface area contributed by atoms with E-state index in [0.29, 0.717) is 12.5 Å². The quantitative estimate of drug-likeness (QED) is 0.377. The molecule has 1 heterocycles. The summed E-state index contributed by atoms with van der Waals surface area (Å²) in [7, 11) is 4.00. The molecule has 6 heteroatoms. The van der Waals surface area contributed by atoms with Crippen LogP contribution in [0.5, 0.6) is 0 Å². The van der Waals surface area contributed by atoms with Gasteiger partial charge in [-0.15, -0.1) is 0 Å². The number of ether oxygens (including phenoxy) is 1. The van der Waals surface area contributed by atoms with Gasteiger partial charge in [0, 0.05) is 59.5 Å². The fourth-order valence-electron chi connectivity index (χ4n) is 2.41. The van der Waals surface area contributed by atoms with Gasteiger partial charge in [-0.05, 0) is 19.9 Å². The second-order valence-corrected chi connectivity index (χ2v) is 5.79. The lowest BCUT2D eigenvalue weighted by Gasteiger charge is -2.34. The van der Waals surface area contributed by atoms with Crippen LogP contribution < -0.4 is 10.6 Å². The monoisotopic (exact) mass is 299 g/mol. The van der Waals surface area contributed by atoms with E-state index in [1.54, 1.807) is 7.05 Å². The zero-order valence-corrected chi connectivity index (χ0v) is 14.2. The molecule has 0 amide bonds. The summed E-state index contributed by atoms with van der Waals surface area (Å²) in [5.41, 5.74) is 0. The average Bonchev–Trinajstić information content (AvgIpc) is 2.49. The van der Waals surface area contributed by atoms with Crippen LogP contribution in [-0.2, 0) is 4.74 Å². The van der Waals surface area contributed by atoms with Crippen molar-refractivity contribution in [3.05, 3.63) is 0 Å². The van der Waals surface area contributed by atoms with Crippen molar-refractivity contribution < 1.29 is 4.74 Å². The Morgan fingerprint density at radius 1 is 1.24 bits per heavy atom. The molecule has 0 saturated carbocycles. The van der Waals surface area contributed by atoms with Gasteiger partial charge < -0.3 is 25.2 Å². The summed E-state index contributed by atoms with van der Waals surface area (Å²) in [4.78, 5) is 9.18. The van der Waals surface area contributed by atoms with E-state index in [-0.39, 0.29) is 0 Å². The number of hydrogen-bond donors (Lipinski definition) is 2. The molecule has 0 spiro atoms. The van der Waals surface area contributed by atoms with Gasteiger partial charge in [-0.3, -0.25) is 4.99 Å². The van der Waals surface area contributed by atoms with Crippen LogP contribution in [0.25, 0.3) is 0 Å². The first-order valence-corrected chi connectivity index (χ1v) is 8.08. The maximum absolute atomic E-state index is 5.31. The van der Waals surface area contributed by atoms with Crippen molar-refractivity contribution in [1.82, 2.24) is 20.4 Å². The van der Waals surface area contributed by atoms with Gasteiger partial charge in [0.1, 0.15) is 0 Å². The van der Waals surface area contributed by atoms with Crippen molar-refractivity contribution in [1.29, 1.82) is 0 Å². The highest BCUT2D eigenvalue weighted by Crippen LogP contribution is 2.03. The molecule has 1 aliphatic rings. The van der Waals surface area contributed by atoms with Gasteiger partial charge in [-0.2, -0.15) is 0 Å². The first-order chi connectivity index (χ1) is 10.2. The third kappa shape index (κ3) is 8.24. The van der Waals surface area contributed by atoms with Crippen molar-refractivity contribution in [2.45, 2.75) is 13.8 Å². The van der Waals surface area contributed by atoms with Crippen LogP contribution in [-0.4, -0.2) is 88.9 Å². The zero-order valence-electron chi connectivity index (χ0n) is 14.2. The molecule has 0 bridgehead atoms. The Morgan fingerprint density at radius 2 is 1.95 bits per heavy atom. The summed E-state index contributed by atoms with van der Waals surface area (Å²) in [5.74, 6) is 1.47. The summed E-state index contributed by atoms with van der Waals surface area (Å²) in [6, 6.07) is 0. The van der Waals surface area contributed by atoms with Crippen molar-refractivity contribution in [2.75, 3.05) is 73.1 Å². The molecule has 21 heavy (non-hydrogen) atoms. The molecule has 0 aromatic heterocycles. The number of rotatable bonds is 8. The highest BCUT2D eigenvalue weighted by Gasteiger charge is 2.16. The van der Waals surface area contributed by atoms with E-state index < -0.39 is 0 Å². The number of hydrogen-bond acceptors (Lipinski definition) is 4. The molecule has 124 valence electrons. The van der Waals surface area contributed by atoms with E-state index in [4.69, 9.17) is 4.74 Å². The molecule has 1 atom stereocenters. The summed E-state index contributed by atoms with van der Waals surface area (Å²) in [5, 5.41) is 6.65. The lowest BCUT2D eigenvalue weighted by Crippen LogP contribution is -2.47. The highest BCUT2D eigenvalue weighted by molar-refractivity contribution is 5.79. The van der Waals surface area contributed by atoms with Crippen molar-refractivity contribution in [3.8, 4) is 0 Å². The minimum Gasteiger partial charge on any atom is -0.380 e. The predicted octanol–water partition coefficient (Wildman–Crippen LogP) is 0.0714. The van der Waals surface area contributed by atoms with Crippen LogP contribution in [0, 0.1) is 5.92 Å². The van der Waals surface area contributed by atoms with Crippen LogP contribution in [0.4, 0.5) is 0 Å². The lowest BCUT2D eigenvalue weighted by molar-refractivity contribution is 0.139. The van der Waals surface area contributed by atoms with E-state index in [0.717, 1.165) is 32.2 Å². The van der Waals surface area contributed by atoms with Gasteiger partial charge in [-0.25, -0.2) is 0 Å². The second-order valence-electron chi connectivity index (χ2n) is 5.79. The molecule has 0 radical (unpaired) electrons. The maximum Gasteiger partial charge on any atom is 0.191 e. The van der Waals surface area contributed by atoms with Crippen LogP contribution in [0.2, 0.25) is 0 Å². The van der Waals surface area contributed by atoms with Crippen LogP contribution in [0.1, 0.15) is 13.8 Å². The van der Waals surface area contributed by atoms with Crippen molar-refractivity contribution >= 4 is 5.96 Å². The molecule has 0 aromatic rings. The molecule has 1 aliphatic heterocycles. The Bertz CT molecular complexity index is 290. The van der Waals surface area contributed by atoms with Gasteiger partial charge >= 0.3 is 0 Å². The second kappa shape index (κ2) is 10.8. The van der Waals surface area contributed by atoms with Gasteiger partial charge in [0.2, 0.25) is 0 Å². The molecular formula is C15H33N5O. The van der Waals surface area contributed by atoms with E-state index in [9.17, 15) is 0 Å². The van der Waals surface area contributed by atoms with Crippen molar-refractivity contribution in [2.24, 2.45) is 10.9 Å². The SMILES string of the molecule is CCOCCNC(=NC)NCC(C)CN1CCN(C)CC1. The molecule has 0 aliphatic carbocycles. The Kier molecular flexibility index (Phi) is 9.37. The first kappa shape index (κ1) is 18.2.